The first-order valence-corrected chi connectivity index (χ1v) is 8.01. The topological polar surface area (TPSA) is 85.1 Å². The van der Waals surface area contributed by atoms with Gasteiger partial charge in [-0.1, -0.05) is 18.2 Å². The zero-order chi connectivity index (χ0) is 16.8. The fraction of sp³-hybridized carbons (Fsp3) is 0.353. The zero-order valence-electron chi connectivity index (χ0n) is 13.3. The van der Waals surface area contributed by atoms with Crippen molar-refractivity contribution in [3.05, 3.63) is 40.3 Å². The average Bonchev–Trinajstić information content (AvgIpc) is 3.17. The molecule has 1 aromatic heterocycles. The van der Waals surface area contributed by atoms with E-state index in [1.807, 2.05) is 18.2 Å². The summed E-state index contributed by atoms with van der Waals surface area (Å²) in [4.78, 5) is 36.4. The Labute approximate surface area is 137 Å². The van der Waals surface area contributed by atoms with Gasteiger partial charge >= 0.3 is 5.69 Å². The van der Waals surface area contributed by atoms with E-state index >= 15 is 0 Å². The van der Waals surface area contributed by atoms with E-state index in [1.165, 1.54) is 4.57 Å². The molecule has 0 saturated carbocycles. The van der Waals surface area contributed by atoms with Crippen LogP contribution in [0.3, 0.4) is 0 Å². The number of imidazole rings is 1. The summed E-state index contributed by atoms with van der Waals surface area (Å²) in [5.74, 6) is -0.694. The second kappa shape index (κ2) is 5.45. The molecular formula is C17H18N4O3. The summed E-state index contributed by atoms with van der Waals surface area (Å²) >= 11 is 0. The van der Waals surface area contributed by atoms with Gasteiger partial charge in [-0.15, -0.1) is 0 Å². The molecule has 0 spiro atoms. The smallest absolute Gasteiger partial charge is 0.309 e. The quantitative estimate of drug-likeness (QED) is 0.778. The Kier molecular flexibility index (Phi) is 3.38. The third kappa shape index (κ3) is 2.12. The minimum absolute atomic E-state index is 0.237. The first kappa shape index (κ1) is 14.9. The average molecular weight is 326 g/mol. The van der Waals surface area contributed by atoms with Gasteiger partial charge in [0.25, 0.3) is 0 Å². The fourth-order valence-electron chi connectivity index (χ4n) is 3.61. The molecule has 4 rings (SSSR count). The maximum Gasteiger partial charge on any atom is 0.329 e. The molecule has 1 atom stereocenters. The van der Waals surface area contributed by atoms with Crippen LogP contribution in [0.2, 0.25) is 0 Å². The molecule has 2 amide bonds. The maximum absolute atomic E-state index is 12.8. The Morgan fingerprint density at radius 1 is 1.21 bits per heavy atom. The highest BCUT2D eigenvalue weighted by atomic mass is 16.2. The molecule has 24 heavy (non-hydrogen) atoms. The lowest BCUT2D eigenvalue weighted by atomic mass is 10.0. The number of carbonyl (C=O) groups excluding carboxylic acids is 2. The summed E-state index contributed by atoms with van der Waals surface area (Å²) in [7, 11) is 1.72. The number of fused-ring (bicyclic) bond motifs is 1. The van der Waals surface area contributed by atoms with E-state index in [4.69, 9.17) is 0 Å². The lowest BCUT2D eigenvalue weighted by molar-refractivity contribution is -0.135. The normalized spacial score (nSPS) is 21.2. The van der Waals surface area contributed by atoms with E-state index < -0.39 is 11.9 Å². The van der Waals surface area contributed by atoms with Crippen LogP contribution in [0.1, 0.15) is 24.4 Å². The van der Waals surface area contributed by atoms with Crippen LogP contribution in [0.15, 0.2) is 29.1 Å². The molecular weight excluding hydrogens is 308 g/mol. The van der Waals surface area contributed by atoms with Gasteiger partial charge in [-0.3, -0.25) is 24.0 Å². The molecule has 7 heteroatoms. The van der Waals surface area contributed by atoms with Crippen LogP contribution < -0.4 is 16.3 Å². The number of nitrogens with one attached hydrogen (secondary N) is 2. The fourth-order valence-corrected chi connectivity index (χ4v) is 3.61. The molecule has 2 aliphatic rings. The number of aromatic nitrogens is 2. The van der Waals surface area contributed by atoms with E-state index in [0.29, 0.717) is 6.42 Å². The summed E-state index contributed by atoms with van der Waals surface area (Å²) in [6.07, 6.45) is 2.70. The van der Waals surface area contributed by atoms with Crippen molar-refractivity contribution in [1.29, 1.82) is 0 Å². The number of benzene rings is 1. The number of hydrogen-bond donors (Lipinski definition) is 2. The van der Waals surface area contributed by atoms with Crippen molar-refractivity contribution in [1.82, 2.24) is 19.8 Å². The molecule has 0 aliphatic carbocycles. The van der Waals surface area contributed by atoms with Crippen molar-refractivity contribution in [2.24, 2.45) is 7.05 Å². The molecule has 2 aromatic rings. The second-order valence-electron chi connectivity index (χ2n) is 6.21. The molecule has 2 N–H and O–H groups in total. The van der Waals surface area contributed by atoms with Crippen LogP contribution in [-0.2, 0) is 16.6 Å². The molecule has 1 aromatic carbocycles. The van der Waals surface area contributed by atoms with Crippen molar-refractivity contribution >= 4 is 28.4 Å². The molecule has 1 saturated heterocycles. The molecule has 3 heterocycles. The largest absolute Gasteiger partial charge is 0.329 e. The van der Waals surface area contributed by atoms with E-state index in [0.717, 1.165) is 35.3 Å². The standard InChI is InChI=1S/C17H18N4O3/c1-20-15-11(10-7-8-18-9-10)3-2-4-12(15)21(17(20)24)13-5-6-14(22)19-16(13)23/h2-4,7,13,18H,5-6,8-9H2,1H3,(H,19,22,23). The van der Waals surface area contributed by atoms with E-state index in [-0.39, 0.29) is 18.0 Å². The number of nitrogens with zero attached hydrogens (tertiary/aromatic N) is 2. The summed E-state index contributed by atoms with van der Waals surface area (Å²) < 4.78 is 3.11. The predicted molar refractivity (Wildman–Crippen MR) is 89.4 cm³/mol. The molecule has 1 unspecified atom stereocenters. The zero-order valence-corrected chi connectivity index (χ0v) is 13.3. The van der Waals surface area contributed by atoms with Gasteiger partial charge in [-0.25, -0.2) is 4.79 Å². The number of piperidine rings is 1. The number of hydrogen-bond acceptors (Lipinski definition) is 4. The SMILES string of the molecule is Cn1c(=O)n(C2CCC(=O)NC2=O)c2cccc(C3=CCNC3)c21. The van der Waals surface area contributed by atoms with Crippen molar-refractivity contribution < 1.29 is 9.59 Å². The summed E-state index contributed by atoms with van der Waals surface area (Å²) in [5.41, 5.74) is 3.46. The Balaban J connectivity index is 1.93. The van der Waals surface area contributed by atoms with E-state index in [1.54, 1.807) is 11.6 Å². The van der Waals surface area contributed by atoms with Gasteiger partial charge in [0.1, 0.15) is 6.04 Å². The second-order valence-corrected chi connectivity index (χ2v) is 6.21. The highest BCUT2D eigenvalue weighted by Crippen LogP contribution is 2.28. The highest BCUT2D eigenvalue weighted by molar-refractivity contribution is 6.00. The Hall–Kier alpha value is -2.67. The predicted octanol–water partition coefficient (Wildman–Crippen LogP) is 0.304. The first-order valence-electron chi connectivity index (χ1n) is 8.01. The first-order chi connectivity index (χ1) is 11.6. The van der Waals surface area contributed by atoms with Gasteiger partial charge in [-0.05, 0) is 18.1 Å². The lowest BCUT2D eigenvalue weighted by Gasteiger charge is -2.22. The Morgan fingerprint density at radius 3 is 2.75 bits per heavy atom. The van der Waals surface area contributed by atoms with Gasteiger partial charge in [0.15, 0.2) is 0 Å². The molecule has 0 radical (unpaired) electrons. The van der Waals surface area contributed by atoms with Gasteiger partial charge < -0.3 is 5.32 Å². The third-order valence-electron chi connectivity index (χ3n) is 4.78. The minimum atomic E-state index is -0.648. The molecule has 1 fully saturated rings. The monoisotopic (exact) mass is 326 g/mol. The van der Waals surface area contributed by atoms with E-state index in [9.17, 15) is 14.4 Å². The summed E-state index contributed by atoms with van der Waals surface area (Å²) in [5, 5.41) is 5.59. The number of aryl methyl sites for hydroxylation is 1. The van der Waals surface area contributed by atoms with Crippen LogP contribution in [-0.4, -0.2) is 34.0 Å². The van der Waals surface area contributed by atoms with E-state index in [2.05, 4.69) is 16.7 Å². The van der Waals surface area contributed by atoms with Gasteiger partial charge in [0.2, 0.25) is 11.8 Å². The van der Waals surface area contributed by atoms with Gasteiger partial charge in [0.05, 0.1) is 11.0 Å². The van der Waals surface area contributed by atoms with Crippen molar-refractivity contribution in [3.8, 4) is 0 Å². The van der Waals surface area contributed by atoms with Gasteiger partial charge in [0, 0.05) is 32.1 Å². The Morgan fingerprint density at radius 2 is 2.04 bits per heavy atom. The van der Waals surface area contributed by atoms with Crippen LogP contribution in [0.25, 0.3) is 16.6 Å². The van der Waals surface area contributed by atoms with Crippen molar-refractivity contribution in [3.63, 3.8) is 0 Å². The minimum Gasteiger partial charge on any atom is -0.309 e. The van der Waals surface area contributed by atoms with Crippen LogP contribution in [0, 0.1) is 0 Å². The van der Waals surface area contributed by atoms with Crippen LogP contribution >= 0.6 is 0 Å². The number of para-hydroxylation sites is 1. The number of imide groups is 1. The maximum atomic E-state index is 12.8. The van der Waals surface area contributed by atoms with Crippen molar-refractivity contribution in [2.45, 2.75) is 18.9 Å². The number of carbonyl (C=O) groups is 2. The molecule has 2 aliphatic heterocycles. The van der Waals surface area contributed by atoms with Crippen molar-refractivity contribution in [2.75, 3.05) is 13.1 Å². The molecule has 124 valence electrons. The third-order valence-corrected chi connectivity index (χ3v) is 4.78. The number of rotatable bonds is 2. The summed E-state index contributed by atoms with van der Waals surface area (Å²) in [6.45, 7) is 1.57. The van der Waals surface area contributed by atoms with Gasteiger partial charge in [-0.2, -0.15) is 0 Å². The van der Waals surface area contributed by atoms with Crippen LogP contribution in [0.5, 0.6) is 0 Å². The molecule has 0 bridgehead atoms. The number of amides is 2. The Bertz CT molecular complexity index is 951. The highest BCUT2D eigenvalue weighted by Gasteiger charge is 2.31. The molecule has 7 nitrogen and oxygen atoms in total. The lowest BCUT2D eigenvalue weighted by Crippen LogP contribution is -2.44. The summed E-state index contributed by atoms with van der Waals surface area (Å²) in [6, 6.07) is 5.10. The van der Waals surface area contributed by atoms with Crippen LogP contribution in [0.4, 0.5) is 0 Å².